The lowest BCUT2D eigenvalue weighted by Crippen LogP contribution is -2.54. The van der Waals surface area contributed by atoms with Crippen LogP contribution in [-0.2, 0) is 22.8 Å². The molecule has 0 spiro atoms. The maximum atomic E-state index is 13.5. The van der Waals surface area contributed by atoms with E-state index >= 15 is 0 Å². The molecule has 1 aliphatic rings. The van der Waals surface area contributed by atoms with Gasteiger partial charge in [-0.05, 0) is 119 Å². The van der Waals surface area contributed by atoms with E-state index in [2.05, 4.69) is 34.2 Å². The van der Waals surface area contributed by atoms with Crippen molar-refractivity contribution in [1.82, 2.24) is 5.32 Å². The molecule has 1 aliphatic heterocycles. The number of imide groups is 2. The molecule has 230 valence electrons. The molecule has 5 rings (SSSR count). The first-order chi connectivity index (χ1) is 21.6. The SMILES string of the molecule is CCOc1cc(/C=C2\C(=O)NC(=O)N(c3ccc(OCc4ccc(Cl)cc4)cc3)C2=O)cc(Br)c1OCc1ccc(C)c(C)c1. The second-order valence-corrected chi connectivity index (χ2v) is 11.6. The Morgan fingerprint density at radius 3 is 2.20 bits per heavy atom. The van der Waals surface area contributed by atoms with Gasteiger partial charge in [-0.3, -0.25) is 14.9 Å². The molecule has 10 heteroatoms. The van der Waals surface area contributed by atoms with Gasteiger partial charge in [-0.2, -0.15) is 0 Å². The van der Waals surface area contributed by atoms with E-state index < -0.39 is 17.8 Å². The van der Waals surface area contributed by atoms with Gasteiger partial charge in [0.1, 0.15) is 24.5 Å². The monoisotopic (exact) mass is 688 g/mol. The minimum atomic E-state index is -0.844. The molecule has 0 aromatic heterocycles. The van der Waals surface area contributed by atoms with E-state index in [-0.39, 0.29) is 11.3 Å². The van der Waals surface area contributed by atoms with E-state index in [9.17, 15) is 14.4 Å². The Morgan fingerprint density at radius 1 is 0.822 bits per heavy atom. The summed E-state index contributed by atoms with van der Waals surface area (Å²) < 4.78 is 18.4. The molecule has 0 radical (unpaired) electrons. The van der Waals surface area contributed by atoms with Gasteiger partial charge in [0, 0.05) is 5.02 Å². The third-order valence-electron chi connectivity index (χ3n) is 7.11. The van der Waals surface area contributed by atoms with Crippen molar-refractivity contribution >= 4 is 57.1 Å². The minimum Gasteiger partial charge on any atom is -0.490 e. The van der Waals surface area contributed by atoms with Crippen LogP contribution >= 0.6 is 27.5 Å². The van der Waals surface area contributed by atoms with Crippen LogP contribution in [-0.4, -0.2) is 24.5 Å². The van der Waals surface area contributed by atoms with Crippen molar-refractivity contribution in [3.8, 4) is 17.2 Å². The number of ether oxygens (including phenoxy) is 3. The molecule has 45 heavy (non-hydrogen) atoms. The van der Waals surface area contributed by atoms with Gasteiger partial charge in [0.05, 0.1) is 16.8 Å². The molecule has 4 aromatic carbocycles. The molecule has 4 amide bonds. The summed E-state index contributed by atoms with van der Waals surface area (Å²) in [6.07, 6.45) is 1.42. The molecule has 0 bridgehead atoms. The Kier molecular flexibility index (Phi) is 9.90. The average Bonchev–Trinajstić information content (AvgIpc) is 3.01. The lowest BCUT2D eigenvalue weighted by molar-refractivity contribution is -0.122. The Balaban J connectivity index is 1.35. The van der Waals surface area contributed by atoms with Crippen molar-refractivity contribution in [2.24, 2.45) is 0 Å². The van der Waals surface area contributed by atoms with Crippen LogP contribution in [0, 0.1) is 13.8 Å². The van der Waals surface area contributed by atoms with Gasteiger partial charge in [-0.15, -0.1) is 0 Å². The second kappa shape index (κ2) is 14.0. The summed E-state index contributed by atoms with van der Waals surface area (Å²) in [6, 6.07) is 22.4. The average molecular weight is 690 g/mol. The first-order valence-electron chi connectivity index (χ1n) is 14.2. The van der Waals surface area contributed by atoms with Crippen molar-refractivity contribution in [2.45, 2.75) is 34.0 Å². The number of urea groups is 1. The van der Waals surface area contributed by atoms with E-state index in [1.807, 2.05) is 38.1 Å². The van der Waals surface area contributed by atoms with Crippen LogP contribution in [0.1, 0.15) is 34.7 Å². The fourth-order valence-corrected chi connectivity index (χ4v) is 5.32. The molecule has 0 saturated carbocycles. The summed E-state index contributed by atoms with van der Waals surface area (Å²) in [5.41, 5.74) is 4.88. The van der Waals surface area contributed by atoms with Crippen LogP contribution in [0.3, 0.4) is 0 Å². The largest absolute Gasteiger partial charge is 0.490 e. The van der Waals surface area contributed by atoms with E-state index in [4.69, 9.17) is 25.8 Å². The maximum absolute atomic E-state index is 13.5. The zero-order valence-corrected chi connectivity index (χ0v) is 27.2. The van der Waals surface area contributed by atoms with Crippen molar-refractivity contribution in [3.05, 3.63) is 122 Å². The Labute approximate surface area is 274 Å². The summed E-state index contributed by atoms with van der Waals surface area (Å²) in [5, 5.41) is 2.89. The van der Waals surface area contributed by atoms with E-state index in [1.165, 1.54) is 17.2 Å². The van der Waals surface area contributed by atoms with Crippen LogP contribution in [0.15, 0.2) is 88.9 Å². The highest BCUT2D eigenvalue weighted by atomic mass is 79.9. The van der Waals surface area contributed by atoms with Gasteiger partial charge >= 0.3 is 6.03 Å². The fourth-order valence-electron chi connectivity index (χ4n) is 4.62. The molecule has 1 fully saturated rings. The van der Waals surface area contributed by atoms with Gasteiger partial charge in [0.25, 0.3) is 11.8 Å². The third-order valence-corrected chi connectivity index (χ3v) is 7.95. The maximum Gasteiger partial charge on any atom is 0.335 e. The molecule has 1 N–H and O–H groups in total. The van der Waals surface area contributed by atoms with Gasteiger partial charge in [-0.25, -0.2) is 9.69 Å². The number of hydrogen-bond donors (Lipinski definition) is 1. The minimum absolute atomic E-state index is 0.212. The molecular formula is C35H30BrClN2O6. The fraction of sp³-hybridized carbons (Fsp3) is 0.171. The number of carbonyl (C=O) groups is 3. The van der Waals surface area contributed by atoms with E-state index in [0.29, 0.717) is 52.1 Å². The summed E-state index contributed by atoms with van der Waals surface area (Å²) in [5.74, 6) is -0.0882. The summed E-state index contributed by atoms with van der Waals surface area (Å²) >= 11 is 9.49. The molecule has 1 heterocycles. The summed E-state index contributed by atoms with van der Waals surface area (Å²) in [7, 11) is 0. The van der Waals surface area contributed by atoms with Crippen LogP contribution in [0.5, 0.6) is 17.2 Å². The zero-order chi connectivity index (χ0) is 32.1. The van der Waals surface area contributed by atoms with Gasteiger partial charge in [0.15, 0.2) is 11.5 Å². The number of aryl methyl sites for hydroxylation is 2. The molecule has 1 saturated heterocycles. The summed E-state index contributed by atoms with van der Waals surface area (Å²) in [6.45, 7) is 6.96. The van der Waals surface area contributed by atoms with Crippen molar-refractivity contribution in [1.29, 1.82) is 0 Å². The lowest BCUT2D eigenvalue weighted by Gasteiger charge is -2.26. The van der Waals surface area contributed by atoms with E-state index in [0.717, 1.165) is 16.0 Å². The standard InChI is InChI=1S/C35H30BrClN2O6/c1-4-43-31-18-25(17-30(36)32(31)45-20-24-6-5-21(2)22(3)15-24)16-29-33(40)38-35(42)39(34(29)41)27-11-13-28(14-12-27)44-19-23-7-9-26(37)10-8-23/h5-18H,4,19-20H2,1-3H3,(H,38,40,42)/b29-16+. The van der Waals surface area contributed by atoms with Crippen molar-refractivity contribution in [3.63, 3.8) is 0 Å². The predicted octanol–water partition coefficient (Wildman–Crippen LogP) is 7.94. The van der Waals surface area contributed by atoms with Crippen molar-refractivity contribution < 1.29 is 28.6 Å². The van der Waals surface area contributed by atoms with Crippen LogP contribution in [0.25, 0.3) is 6.08 Å². The highest BCUT2D eigenvalue weighted by Crippen LogP contribution is 2.38. The lowest BCUT2D eigenvalue weighted by atomic mass is 10.1. The van der Waals surface area contributed by atoms with Gasteiger partial charge in [0.2, 0.25) is 0 Å². The van der Waals surface area contributed by atoms with Crippen LogP contribution < -0.4 is 24.4 Å². The third kappa shape index (κ3) is 7.56. The van der Waals surface area contributed by atoms with Crippen LogP contribution in [0.4, 0.5) is 10.5 Å². The molecule has 0 unspecified atom stereocenters. The first kappa shape index (κ1) is 31.8. The zero-order valence-electron chi connectivity index (χ0n) is 24.9. The Hall–Kier alpha value is -4.60. The Bertz CT molecular complexity index is 1790. The number of barbiturate groups is 1. The first-order valence-corrected chi connectivity index (χ1v) is 15.3. The highest BCUT2D eigenvalue weighted by Gasteiger charge is 2.37. The topological polar surface area (TPSA) is 94.2 Å². The number of nitrogens with one attached hydrogen (secondary N) is 1. The number of carbonyl (C=O) groups excluding carboxylic acids is 3. The number of amides is 4. The molecular weight excluding hydrogens is 660 g/mol. The predicted molar refractivity (Wildman–Crippen MR) is 177 cm³/mol. The number of nitrogens with zero attached hydrogens (tertiary/aromatic N) is 1. The van der Waals surface area contributed by atoms with Gasteiger partial charge in [-0.1, -0.05) is 41.9 Å². The summed E-state index contributed by atoms with van der Waals surface area (Å²) in [4.78, 5) is 40.0. The highest BCUT2D eigenvalue weighted by molar-refractivity contribution is 9.10. The number of anilines is 1. The molecule has 4 aromatic rings. The smallest absolute Gasteiger partial charge is 0.335 e. The molecule has 8 nitrogen and oxygen atoms in total. The van der Waals surface area contributed by atoms with Crippen molar-refractivity contribution in [2.75, 3.05) is 11.5 Å². The number of halogens is 2. The van der Waals surface area contributed by atoms with Crippen LogP contribution in [0.2, 0.25) is 5.02 Å². The molecule has 0 aliphatic carbocycles. The quantitative estimate of drug-likeness (QED) is 0.134. The Morgan fingerprint density at radius 2 is 1.51 bits per heavy atom. The second-order valence-electron chi connectivity index (χ2n) is 10.3. The normalized spacial score (nSPS) is 14.0. The number of rotatable bonds is 10. The van der Waals surface area contributed by atoms with E-state index in [1.54, 1.807) is 48.5 Å². The molecule has 0 atom stereocenters. The number of benzene rings is 4. The number of hydrogen-bond acceptors (Lipinski definition) is 6. The van der Waals surface area contributed by atoms with Gasteiger partial charge < -0.3 is 14.2 Å².